The summed E-state index contributed by atoms with van der Waals surface area (Å²) in [5.41, 5.74) is 0. The molecule has 0 aromatic rings. The fourth-order valence-electron chi connectivity index (χ4n) is 4.53. The minimum atomic E-state index is -0.474. The van der Waals surface area contributed by atoms with Crippen LogP contribution in [-0.4, -0.2) is 67.0 Å². The zero-order valence-electron chi connectivity index (χ0n) is 21.7. The van der Waals surface area contributed by atoms with Crippen LogP contribution < -0.4 is 16.0 Å². The number of unbranched alkanes of at least 4 members (excludes halogenated alkanes) is 6. The van der Waals surface area contributed by atoms with Gasteiger partial charge in [0.2, 0.25) is 5.91 Å². The monoisotopic (exact) mass is 529 g/mol. The average molecular weight is 530 g/mol. The Kier molecular flexibility index (Phi) is 13.6. The number of hydrogen-bond acceptors (Lipinski definition) is 7. The third kappa shape index (κ3) is 12.5. The summed E-state index contributed by atoms with van der Waals surface area (Å²) in [6.45, 7) is 6.23. The molecule has 0 aromatic carbocycles. The van der Waals surface area contributed by atoms with E-state index in [0.29, 0.717) is 31.6 Å². The third-order valence-electron chi connectivity index (χ3n) is 6.79. The average Bonchev–Trinajstić information content (AvgIpc) is 3.75. The molecule has 0 saturated carbocycles. The van der Waals surface area contributed by atoms with Crippen LogP contribution in [0.4, 0.5) is 0 Å². The molecule has 3 aliphatic rings. The van der Waals surface area contributed by atoms with E-state index in [1.807, 2.05) is 10.8 Å². The highest BCUT2D eigenvalue weighted by Gasteiger charge is 2.37. The fourth-order valence-corrected chi connectivity index (χ4v) is 7.55. The first-order valence-corrected chi connectivity index (χ1v) is 16.3. The van der Waals surface area contributed by atoms with E-state index in [0.717, 1.165) is 37.5 Å². The standard InChI is InChI=1S/C26H47N3O4S2/c1-19(2)17-21(29-25(31)23-18-32-23)24(30)27-14-9-5-6-10-15-28-26-22(33-26)12-8-4-3-7-11-20-13-16-34-35-20/h19-23,26,28H,3-18H2,1-2H3,(H,27,30)(H,29,31)/t20?,21-,22?,23-,26?/m0/s1. The minimum Gasteiger partial charge on any atom is -0.363 e. The predicted molar refractivity (Wildman–Crippen MR) is 145 cm³/mol. The maximum Gasteiger partial charge on any atom is 0.252 e. The van der Waals surface area contributed by atoms with Gasteiger partial charge in [-0.3, -0.25) is 14.9 Å². The van der Waals surface area contributed by atoms with Crippen LogP contribution in [0.3, 0.4) is 0 Å². The molecule has 0 bridgehead atoms. The highest BCUT2D eigenvalue weighted by atomic mass is 33.1. The maximum atomic E-state index is 12.5. The van der Waals surface area contributed by atoms with Gasteiger partial charge in [0.1, 0.15) is 12.3 Å². The number of amides is 2. The third-order valence-corrected chi connectivity index (χ3v) is 9.80. The summed E-state index contributed by atoms with van der Waals surface area (Å²) >= 11 is 0. The van der Waals surface area contributed by atoms with E-state index in [9.17, 15) is 9.59 Å². The van der Waals surface area contributed by atoms with Crippen molar-refractivity contribution in [2.45, 2.75) is 121 Å². The Labute approximate surface area is 220 Å². The quantitative estimate of drug-likeness (QED) is 0.122. The van der Waals surface area contributed by atoms with Crippen LogP contribution in [0.2, 0.25) is 0 Å². The zero-order chi connectivity index (χ0) is 24.9. The van der Waals surface area contributed by atoms with Crippen LogP contribution in [0.15, 0.2) is 0 Å². The van der Waals surface area contributed by atoms with E-state index in [-0.39, 0.29) is 24.1 Å². The van der Waals surface area contributed by atoms with Crippen molar-refractivity contribution in [3.8, 4) is 0 Å². The van der Waals surface area contributed by atoms with Gasteiger partial charge in [0, 0.05) is 17.5 Å². The summed E-state index contributed by atoms with van der Waals surface area (Å²) < 4.78 is 10.8. The van der Waals surface area contributed by atoms with E-state index in [1.54, 1.807) is 0 Å². The van der Waals surface area contributed by atoms with Crippen molar-refractivity contribution in [2.24, 2.45) is 5.92 Å². The summed E-state index contributed by atoms with van der Waals surface area (Å²) in [6.07, 6.45) is 14.7. The number of nitrogens with one attached hydrogen (secondary N) is 3. The molecule has 3 unspecified atom stereocenters. The fraction of sp³-hybridized carbons (Fsp3) is 0.923. The van der Waals surface area contributed by atoms with Crippen LogP contribution in [0.25, 0.3) is 0 Å². The van der Waals surface area contributed by atoms with E-state index in [2.05, 4.69) is 40.6 Å². The van der Waals surface area contributed by atoms with Crippen LogP contribution in [-0.2, 0) is 19.1 Å². The topological polar surface area (TPSA) is 95.3 Å². The molecule has 9 heteroatoms. The molecule has 3 N–H and O–H groups in total. The lowest BCUT2D eigenvalue weighted by molar-refractivity contribution is -0.129. The molecule has 0 spiro atoms. The second kappa shape index (κ2) is 16.4. The molecule has 3 aliphatic heterocycles. The molecular formula is C26H47N3O4S2. The van der Waals surface area contributed by atoms with Gasteiger partial charge < -0.3 is 20.1 Å². The van der Waals surface area contributed by atoms with Gasteiger partial charge >= 0.3 is 0 Å². The van der Waals surface area contributed by atoms with Gasteiger partial charge in [-0.15, -0.1) is 0 Å². The maximum absolute atomic E-state index is 12.5. The van der Waals surface area contributed by atoms with E-state index in [4.69, 9.17) is 9.47 Å². The largest absolute Gasteiger partial charge is 0.363 e. The number of hydrogen-bond donors (Lipinski definition) is 3. The Balaban J connectivity index is 1.09. The number of carbonyl (C=O) groups excluding carboxylic acids is 2. The van der Waals surface area contributed by atoms with Crippen molar-refractivity contribution >= 4 is 33.4 Å². The van der Waals surface area contributed by atoms with Crippen molar-refractivity contribution in [3.63, 3.8) is 0 Å². The molecule has 202 valence electrons. The lowest BCUT2D eigenvalue weighted by Crippen LogP contribution is -2.48. The number of ether oxygens (including phenoxy) is 2. The van der Waals surface area contributed by atoms with Gasteiger partial charge in [-0.1, -0.05) is 74.0 Å². The summed E-state index contributed by atoms with van der Waals surface area (Å²) in [7, 11) is 4.15. The Bertz CT molecular complexity index is 630. The van der Waals surface area contributed by atoms with E-state index >= 15 is 0 Å². The molecule has 0 aromatic heterocycles. The van der Waals surface area contributed by atoms with E-state index in [1.165, 1.54) is 50.7 Å². The van der Waals surface area contributed by atoms with Crippen LogP contribution in [0, 0.1) is 5.92 Å². The lowest BCUT2D eigenvalue weighted by Gasteiger charge is -2.19. The second-order valence-corrected chi connectivity index (χ2v) is 13.4. The Morgan fingerprint density at radius 1 is 0.971 bits per heavy atom. The van der Waals surface area contributed by atoms with Gasteiger partial charge in [-0.05, 0) is 51.0 Å². The van der Waals surface area contributed by atoms with Crippen molar-refractivity contribution in [1.82, 2.24) is 16.0 Å². The molecule has 5 atom stereocenters. The minimum absolute atomic E-state index is 0.0850. The van der Waals surface area contributed by atoms with Gasteiger partial charge in [-0.2, -0.15) is 0 Å². The number of rotatable bonds is 20. The smallest absolute Gasteiger partial charge is 0.252 e. The predicted octanol–water partition coefficient (Wildman–Crippen LogP) is 4.40. The van der Waals surface area contributed by atoms with Crippen molar-refractivity contribution in [2.75, 3.05) is 25.4 Å². The summed E-state index contributed by atoms with van der Waals surface area (Å²) in [4.78, 5) is 24.4. The SMILES string of the molecule is CC(C)C[C@H](NC(=O)[C@@H]1CO1)C(=O)NCCCCCCNC1OC1CCCCCCC1CCSS1. The van der Waals surface area contributed by atoms with Gasteiger partial charge in [0.15, 0.2) is 6.10 Å². The van der Waals surface area contributed by atoms with Crippen molar-refractivity contribution in [1.29, 1.82) is 0 Å². The van der Waals surface area contributed by atoms with Gasteiger partial charge in [-0.25, -0.2) is 0 Å². The molecule has 3 fully saturated rings. The molecule has 2 amide bonds. The van der Waals surface area contributed by atoms with Crippen LogP contribution in [0.5, 0.6) is 0 Å². The molecule has 3 heterocycles. The van der Waals surface area contributed by atoms with Gasteiger partial charge in [0.05, 0.1) is 12.7 Å². The molecule has 35 heavy (non-hydrogen) atoms. The summed E-state index contributed by atoms with van der Waals surface area (Å²) in [5.74, 6) is 1.42. The van der Waals surface area contributed by atoms with Gasteiger partial charge in [0.25, 0.3) is 5.91 Å². The Hall–Kier alpha value is -0.480. The molecular weight excluding hydrogens is 482 g/mol. The number of carbonyl (C=O) groups is 2. The first-order chi connectivity index (χ1) is 17.0. The lowest BCUT2D eigenvalue weighted by atomic mass is 10.0. The molecule has 3 saturated heterocycles. The second-order valence-electron chi connectivity index (χ2n) is 10.6. The normalized spacial score (nSPS) is 26.0. The number of epoxide rings is 2. The van der Waals surface area contributed by atoms with E-state index < -0.39 is 6.04 Å². The molecule has 3 rings (SSSR count). The highest BCUT2D eigenvalue weighted by molar-refractivity contribution is 8.77. The Morgan fingerprint density at radius 3 is 2.37 bits per heavy atom. The summed E-state index contributed by atoms with van der Waals surface area (Å²) in [5, 5.41) is 10.3. The van der Waals surface area contributed by atoms with Crippen LogP contribution >= 0.6 is 21.6 Å². The first-order valence-electron chi connectivity index (χ1n) is 13.9. The van der Waals surface area contributed by atoms with Crippen LogP contribution in [0.1, 0.15) is 90.9 Å². The van der Waals surface area contributed by atoms with Crippen molar-refractivity contribution < 1.29 is 19.1 Å². The molecule has 0 radical (unpaired) electrons. The van der Waals surface area contributed by atoms with Crippen molar-refractivity contribution in [3.05, 3.63) is 0 Å². The summed E-state index contributed by atoms with van der Waals surface area (Å²) in [6, 6.07) is -0.474. The first kappa shape index (κ1) is 29.1. The highest BCUT2D eigenvalue weighted by Crippen LogP contribution is 2.40. The molecule has 0 aliphatic carbocycles. The Morgan fingerprint density at radius 2 is 1.69 bits per heavy atom. The molecule has 7 nitrogen and oxygen atoms in total. The zero-order valence-corrected chi connectivity index (χ0v) is 23.4.